The highest BCUT2D eigenvalue weighted by Crippen LogP contribution is 2.54. The number of ether oxygens (including phenoxy) is 3. The molecule has 0 aliphatic carbocycles. The Bertz CT molecular complexity index is 982. The third-order valence-electron chi connectivity index (χ3n) is 5.36. The van der Waals surface area contributed by atoms with Gasteiger partial charge in [0.2, 0.25) is 11.8 Å². The first-order valence-corrected chi connectivity index (χ1v) is 9.08. The van der Waals surface area contributed by atoms with Crippen molar-refractivity contribution in [2.45, 2.75) is 31.8 Å². The maximum Gasteiger partial charge on any atom is 0.335 e. The standard InChI is InChI=1S/C20H17NO9/c1-9(22)28-19(29-10(2)23)20-8-7-13(30-20)14-15(20)17(25)21(16(14)24)12-5-3-11(4-6-12)18(26)27/h3-8,13-15,19H,1-2H3,(H,26,27). The van der Waals surface area contributed by atoms with Gasteiger partial charge >= 0.3 is 17.9 Å². The predicted molar refractivity (Wildman–Crippen MR) is 96.9 cm³/mol. The third kappa shape index (κ3) is 2.79. The predicted octanol–water partition coefficient (Wildman–Crippen LogP) is 0.650. The number of fused-ring (bicyclic) bond motifs is 5. The van der Waals surface area contributed by atoms with Crippen molar-refractivity contribution in [3.05, 3.63) is 42.0 Å². The van der Waals surface area contributed by atoms with Crippen LogP contribution in [0.3, 0.4) is 0 Å². The van der Waals surface area contributed by atoms with Gasteiger partial charge in [0.1, 0.15) is 0 Å². The van der Waals surface area contributed by atoms with E-state index in [-0.39, 0.29) is 11.3 Å². The van der Waals surface area contributed by atoms with Crippen LogP contribution in [0.15, 0.2) is 36.4 Å². The number of carbonyl (C=O) groups is 5. The van der Waals surface area contributed by atoms with Gasteiger partial charge in [0.25, 0.3) is 6.29 Å². The summed E-state index contributed by atoms with van der Waals surface area (Å²) in [6, 6.07) is 5.29. The van der Waals surface area contributed by atoms with Gasteiger partial charge in [-0.15, -0.1) is 0 Å². The number of amides is 2. The number of anilines is 1. The molecule has 3 aliphatic heterocycles. The van der Waals surface area contributed by atoms with Crippen LogP contribution in [0.25, 0.3) is 0 Å². The van der Waals surface area contributed by atoms with Crippen LogP contribution in [-0.2, 0) is 33.4 Å². The zero-order valence-corrected chi connectivity index (χ0v) is 15.9. The molecule has 3 heterocycles. The zero-order valence-electron chi connectivity index (χ0n) is 15.9. The molecule has 10 heteroatoms. The summed E-state index contributed by atoms with van der Waals surface area (Å²) in [7, 11) is 0. The van der Waals surface area contributed by atoms with Gasteiger partial charge in [-0.05, 0) is 30.3 Å². The maximum atomic E-state index is 13.3. The van der Waals surface area contributed by atoms with E-state index in [0.29, 0.717) is 0 Å². The fourth-order valence-electron chi connectivity index (χ4n) is 4.22. The van der Waals surface area contributed by atoms with E-state index in [0.717, 1.165) is 18.7 Å². The van der Waals surface area contributed by atoms with Gasteiger partial charge in [0, 0.05) is 13.8 Å². The van der Waals surface area contributed by atoms with Gasteiger partial charge in [-0.1, -0.05) is 6.08 Å². The number of imide groups is 1. The Balaban J connectivity index is 1.71. The minimum Gasteiger partial charge on any atom is -0.478 e. The lowest BCUT2D eigenvalue weighted by Crippen LogP contribution is -2.52. The molecule has 1 N–H and O–H groups in total. The van der Waals surface area contributed by atoms with E-state index in [1.807, 2.05) is 0 Å². The first-order chi connectivity index (χ1) is 14.2. The highest BCUT2D eigenvalue weighted by molar-refractivity contribution is 6.23. The Kier molecular flexibility index (Phi) is 4.46. The third-order valence-corrected chi connectivity index (χ3v) is 5.36. The molecular weight excluding hydrogens is 398 g/mol. The summed E-state index contributed by atoms with van der Waals surface area (Å²) in [4.78, 5) is 61.5. The summed E-state index contributed by atoms with van der Waals surface area (Å²) >= 11 is 0. The van der Waals surface area contributed by atoms with Crippen molar-refractivity contribution in [2.24, 2.45) is 11.8 Å². The smallest absolute Gasteiger partial charge is 0.335 e. The van der Waals surface area contributed by atoms with E-state index in [9.17, 15) is 24.0 Å². The zero-order chi connectivity index (χ0) is 21.8. The second-order valence-electron chi connectivity index (χ2n) is 7.21. The van der Waals surface area contributed by atoms with Gasteiger partial charge in [-0.2, -0.15) is 0 Å². The van der Waals surface area contributed by atoms with Crippen molar-refractivity contribution in [1.82, 2.24) is 0 Å². The lowest BCUT2D eigenvalue weighted by atomic mass is 9.76. The molecule has 3 aliphatic rings. The minimum absolute atomic E-state index is 0.00404. The molecule has 0 spiro atoms. The van der Waals surface area contributed by atoms with E-state index < -0.39 is 59.6 Å². The average Bonchev–Trinajstić information content (AvgIpc) is 3.32. The summed E-state index contributed by atoms with van der Waals surface area (Å²) in [5, 5.41) is 9.04. The minimum atomic E-state index is -1.63. The molecule has 4 rings (SSSR count). The molecule has 30 heavy (non-hydrogen) atoms. The number of carboxylic acid groups (broad SMARTS) is 1. The molecule has 4 atom stereocenters. The van der Waals surface area contributed by atoms with Crippen LogP contribution in [0.1, 0.15) is 24.2 Å². The van der Waals surface area contributed by atoms with Gasteiger partial charge in [-0.3, -0.25) is 19.2 Å². The Morgan fingerprint density at radius 1 is 1.07 bits per heavy atom. The number of aromatic carboxylic acids is 1. The largest absolute Gasteiger partial charge is 0.478 e. The highest BCUT2D eigenvalue weighted by atomic mass is 16.7. The summed E-state index contributed by atoms with van der Waals surface area (Å²) in [6.07, 6.45) is 0.749. The molecule has 2 amide bonds. The van der Waals surface area contributed by atoms with E-state index >= 15 is 0 Å². The quantitative estimate of drug-likeness (QED) is 0.318. The van der Waals surface area contributed by atoms with Gasteiger partial charge < -0.3 is 19.3 Å². The SMILES string of the molecule is CC(=O)OC(OC(C)=O)C12C=CC(O1)C1C(=O)N(c3ccc(C(=O)O)cc3)C(=O)C12. The average molecular weight is 415 g/mol. The van der Waals surface area contributed by atoms with Crippen molar-refractivity contribution in [3.8, 4) is 0 Å². The number of carboxylic acids is 1. The Morgan fingerprint density at radius 3 is 2.20 bits per heavy atom. The van der Waals surface area contributed by atoms with Gasteiger partial charge in [0.05, 0.1) is 29.2 Å². The van der Waals surface area contributed by atoms with Gasteiger partial charge in [0.15, 0.2) is 5.60 Å². The van der Waals surface area contributed by atoms with E-state index in [1.54, 1.807) is 6.08 Å². The van der Waals surface area contributed by atoms with Gasteiger partial charge in [-0.25, -0.2) is 9.69 Å². The normalized spacial score (nSPS) is 28.8. The number of rotatable bonds is 5. The molecular formula is C20H17NO9. The monoisotopic (exact) mass is 415 g/mol. The molecule has 2 fully saturated rings. The van der Waals surface area contributed by atoms with Crippen LogP contribution in [0.2, 0.25) is 0 Å². The van der Waals surface area contributed by atoms with Crippen LogP contribution >= 0.6 is 0 Å². The summed E-state index contributed by atoms with van der Waals surface area (Å²) < 4.78 is 16.1. The molecule has 2 bridgehead atoms. The highest BCUT2D eigenvalue weighted by Gasteiger charge is 2.72. The molecule has 156 valence electrons. The van der Waals surface area contributed by atoms with Crippen molar-refractivity contribution in [3.63, 3.8) is 0 Å². The van der Waals surface area contributed by atoms with E-state index in [1.165, 1.54) is 30.3 Å². The fraction of sp³-hybridized carbons (Fsp3) is 0.350. The van der Waals surface area contributed by atoms with Crippen LogP contribution in [0.4, 0.5) is 5.69 Å². The first-order valence-electron chi connectivity index (χ1n) is 9.08. The molecule has 0 saturated carbocycles. The van der Waals surface area contributed by atoms with Crippen molar-refractivity contribution in [1.29, 1.82) is 0 Å². The topological polar surface area (TPSA) is 137 Å². The van der Waals surface area contributed by atoms with E-state index in [2.05, 4.69) is 0 Å². The second kappa shape index (κ2) is 6.77. The second-order valence-corrected chi connectivity index (χ2v) is 7.21. The fourth-order valence-corrected chi connectivity index (χ4v) is 4.22. The number of esters is 2. The summed E-state index contributed by atoms with van der Waals surface area (Å²) in [5.41, 5.74) is -1.42. The Morgan fingerprint density at radius 2 is 1.67 bits per heavy atom. The summed E-state index contributed by atoms with van der Waals surface area (Å²) in [6.45, 7) is 2.24. The molecule has 0 aromatic heterocycles. The molecule has 10 nitrogen and oxygen atoms in total. The first kappa shape index (κ1) is 19.8. The molecule has 1 aromatic carbocycles. The number of hydrogen-bond donors (Lipinski definition) is 1. The molecule has 4 unspecified atom stereocenters. The maximum absolute atomic E-state index is 13.3. The number of carbonyl (C=O) groups excluding carboxylic acids is 4. The Labute approximate surface area is 170 Å². The summed E-state index contributed by atoms with van der Waals surface area (Å²) in [5.74, 6) is -5.77. The van der Waals surface area contributed by atoms with Crippen LogP contribution < -0.4 is 4.90 Å². The lowest BCUT2D eigenvalue weighted by molar-refractivity contribution is -0.226. The number of nitrogens with zero attached hydrogens (tertiary/aromatic N) is 1. The van der Waals surface area contributed by atoms with Crippen LogP contribution in [0, 0.1) is 11.8 Å². The van der Waals surface area contributed by atoms with Crippen molar-refractivity contribution < 1.29 is 43.3 Å². The van der Waals surface area contributed by atoms with Crippen molar-refractivity contribution >= 4 is 35.4 Å². The number of benzene rings is 1. The van der Waals surface area contributed by atoms with Crippen LogP contribution in [-0.4, -0.2) is 52.8 Å². The van der Waals surface area contributed by atoms with Crippen molar-refractivity contribution in [2.75, 3.05) is 4.90 Å². The molecule has 1 aromatic rings. The Hall–Kier alpha value is -3.53. The lowest BCUT2D eigenvalue weighted by Gasteiger charge is -2.34. The number of hydrogen-bond acceptors (Lipinski definition) is 8. The molecule has 0 radical (unpaired) electrons. The van der Waals surface area contributed by atoms with E-state index in [4.69, 9.17) is 19.3 Å². The van der Waals surface area contributed by atoms with Crippen LogP contribution in [0.5, 0.6) is 0 Å². The molecule has 2 saturated heterocycles.